The fourth-order valence-electron chi connectivity index (χ4n) is 5.08. The molecule has 5 rings (SSSR count). The summed E-state index contributed by atoms with van der Waals surface area (Å²) in [6.45, 7) is 4.35. The second-order valence-electron chi connectivity index (χ2n) is 8.15. The van der Waals surface area contributed by atoms with Gasteiger partial charge in [0.2, 0.25) is 0 Å². The van der Waals surface area contributed by atoms with Crippen molar-refractivity contribution < 1.29 is 9.47 Å². The third-order valence-electron chi connectivity index (χ3n) is 6.36. The number of halogens is 1. The van der Waals surface area contributed by atoms with Crippen LogP contribution in [0.3, 0.4) is 0 Å². The molecule has 0 N–H and O–H groups in total. The summed E-state index contributed by atoms with van der Waals surface area (Å²) >= 11 is 6.42. The first kappa shape index (κ1) is 15.7. The zero-order valence-electron chi connectivity index (χ0n) is 14.7. The van der Waals surface area contributed by atoms with Crippen molar-refractivity contribution in [2.75, 3.05) is 0 Å². The first-order valence-corrected chi connectivity index (χ1v) is 9.63. The lowest BCUT2D eigenvalue weighted by atomic mass is 9.67. The Balaban J connectivity index is 1.58. The van der Waals surface area contributed by atoms with Crippen molar-refractivity contribution in [3.05, 3.63) is 64.2 Å². The smallest absolute Gasteiger partial charge is 0.144 e. The van der Waals surface area contributed by atoms with Gasteiger partial charge in [-0.3, -0.25) is 0 Å². The molecule has 1 saturated heterocycles. The van der Waals surface area contributed by atoms with Crippen LogP contribution in [0.15, 0.2) is 42.5 Å². The molecular weight excluding hydrogens is 332 g/mol. The number of para-hydroxylation sites is 1. The second kappa shape index (κ2) is 5.49. The molecule has 130 valence electrons. The number of hydrogen-bond donors (Lipinski definition) is 0. The van der Waals surface area contributed by atoms with Crippen molar-refractivity contribution in [2.24, 2.45) is 5.92 Å². The molecule has 1 fully saturated rings. The lowest BCUT2D eigenvalue weighted by molar-refractivity contribution is -0.161. The summed E-state index contributed by atoms with van der Waals surface area (Å²) in [5, 5.41) is 0.684. The Morgan fingerprint density at radius 3 is 2.72 bits per heavy atom. The Bertz CT molecular complexity index is 829. The molecule has 0 amide bonds. The highest BCUT2D eigenvalue weighted by Crippen LogP contribution is 2.56. The molecule has 2 aliphatic heterocycles. The quantitative estimate of drug-likeness (QED) is 0.605. The molecule has 4 atom stereocenters. The monoisotopic (exact) mass is 354 g/mol. The van der Waals surface area contributed by atoms with Crippen LogP contribution in [0.1, 0.15) is 55.4 Å². The first-order valence-electron chi connectivity index (χ1n) is 9.25. The summed E-state index contributed by atoms with van der Waals surface area (Å²) in [5.74, 6) is 1.60. The van der Waals surface area contributed by atoms with E-state index in [-0.39, 0.29) is 17.8 Å². The minimum absolute atomic E-state index is 0.0731. The third-order valence-corrected chi connectivity index (χ3v) is 6.66. The zero-order chi connectivity index (χ0) is 17.2. The molecule has 3 heteroatoms. The van der Waals surface area contributed by atoms with Gasteiger partial charge in [-0.25, -0.2) is 0 Å². The van der Waals surface area contributed by atoms with Crippen LogP contribution >= 0.6 is 11.6 Å². The van der Waals surface area contributed by atoms with Crippen LogP contribution in [0.5, 0.6) is 5.75 Å². The van der Waals surface area contributed by atoms with Crippen LogP contribution in [0, 0.1) is 5.92 Å². The van der Waals surface area contributed by atoms with E-state index < -0.39 is 0 Å². The Hall–Kier alpha value is -1.51. The Labute approximate surface area is 154 Å². The molecule has 0 saturated carbocycles. The van der Waals surface area contributed by atoms with Gasteiger partial charge in [-0.2, -0.15) is 0 Å². The third kappa shape index (κ3) is 2.34. The van der Waals surface area contributed by atoms with Crippen molar-refractivity contribution in [2.45, 2.75) is 56.8 Å². The van der Waals surface area contributed by atoms with E-state index in [9.17, 15) is 0 Å². The maximum atomic E-state index is 6.73. The summed E-state index contributed by atoms with van der Waals surface area (Å²) in [5.41, 5.74) is 3.79. The minimum Gasteiger partial charge on any atom is -0.486 e. The van der Waals surface area contributed by atoms with Crippen LogP contribution in [0.4, 0.5) is 0 Å². The van der Waals surface area contributed by atoms with Gasteiger partial charge in [0.05, 0.1) is 17.2 Å². The van der Waals surface area contributed by atoms with Crippen LogP contribution in [-0.2, 0) is 11.2 Å². The summed E-state index contributed by atoms with van der Waals surface area (Å²) in [7, 11) is 0. The Morgan fingerprint density at radius 1 is 1.04 bits per heavy atom. The van der Waals surface area contributed by atoms with E-state index in [2.05, 4.69) is 44.2 Å². The maximum Gasteiger partial charge on any atom is 0.144 e. The zero-order valence-corrected chi connectivity index (χ0v) is 15.4. The largest absolute Gasteiger partial charge is 0.486 e. The van der Waals surface area contributed by atoms with E-state index in [1.165, 1.54) is 11.1 Å². The molecule has 2 nitrogen and oxygen atoms in total. The molecule has 0 aromatic heterocycles. The van der Waals surface area contributed by atoms with E-state index in [1.54, 1.807) is 0 Å². The summed E-state index contributed by atoms with van der Waals surface area (Å²) in [4.78, 5) is 0. The van der Waals surface area contributed by atoms with Crippen LogP contribution in [0.2, 0.25) is 5.02 Å². The number of aryl methyl sites for hydroxylation is 1. The van der Waals surface area contributed by atoms with Gasteiger partial charge in [-0.05, 0) is 50.3 Å². The summed E-state index contributed by atoms with van der Waals surface area (Å²) in [6.07, 6.45) is 3.67. The topological polar surface area (TPSA) is 18.5 Å². The van der Waals surface area contributed by atoms with Crippen molar-refractivity contribution in [3.63, 3.8) is 0 Å². The number of hydrogen-bond acceptors (Lipinski definition) is 2. The molecule has 0 unspecified atom stereocenters. The van der Waals surface area contributed by atoms with E-state index in [0.717, 1.165) is 30.6 Å². The van der Waals surface area contributed by atoms with E-state index in [4.69, 9.17) is 21.1 Å². The molecule has 3 aliphatic rings. The van der Waals surface area contributed by atoms with Crippen molar-refractivity contribution >= 4 is 11.6 Å². The van der Waals surface area contributed by atoms with Crippen molar-refractivity contribution in [3.8, 4) is 5.75 Å². The molecule has 2 aromatic rings. The first-order chi connectivity index (χ1) is 12.0. The average molecular weight is 355 g/mol. The van der Waals surface area contributed by atoms with Gasteiger partial charge < -0.3 is 9.47 Å². The van der Waals surface area contributed by atoms with Crippen molar-refractivity contribution in [1.82, 2.24) is 0 Å². The van der Waals surface area contributed by atoms with Gasteiger partial charge in [0.1, 0.15) is 11.4 Å². The van der Waals surface area contributed by atoms with Crippen molar-refractivity contribution in [1.29, 1.82) is 0 Å². The lowest BCUT2D eigenvalue weighted by Gasteiger charge is -2.52. The predicted molar refractivity (Wildman–Crippen MR) is 99.4 cm³/mol. The van der Waals surface area contributed by atoms with Gasteiger partial charge >= 0.3 is 0 Å². The number of ether oxygens (including phenoxy) is 2. The fourth-order valence-corrected chi connectivity index (χ4v) is 5.30. The molecular formula is C22H23ClO2. The van der Waals surface area contributed by atoms with Gasteiger partial charge in [0.15, 0.2) is 0 Å². The van der Waals surface area contributed by atoms with Gasteiger partial charge in [-0.1, -0.05) is 48.0 Å². The Kier molecular flexibility index (Phi) is 3.45. The van der Waals surface area contributed by atoms with Crippen LogP contribution in [-0.4, -0.2) is 11.7 Å². The standard InChI is InChI=1S/C22H23ClO2/c1-22(2)17-12-16-14-7-4-3-6-13(14)10-11-19(16)24-20(17)15-8-5-9-18(23)21(15)25-22/h3-9,16-17,19-20H,10-12H2,1-2H3/t16-,17-,19-,20+/m0/s1. The second-order valence-corrected chi connectivity index (χ2v) is 8.55. The van der Waals surface area contributed by atoms with E-state index >= 15 is 0 Å². The minimum atomic E-state index is -0.292. The normalized spacial score (nSPS) is 31.8. The average Bonchev–Trinajstić information content (AvgIpc) is 2.61. The summed E-state index contributed by atoms with van der Waals surface area (Å²) < 4.78 is 13.1. The van der Waals surface area contributed by atoms with Gasteiger partial charge in [0, 0.05) is 17.4 Å². The van der Waals surface area contributed by atoms with E-state index in [1.807, 2.05) is 12.1 Å². The fraction of sp³-hybridized carbons (Fsp3) is 0.455. The van der Waals surface area contributed by atoms with Gasteiger partial charge in [0.25, 0.3) is 0 Å². The highest BCUT2D eigenvalue weighted by Gasteiger charge is 2.51. The molecule has 25 heavy (non-hydrogen) atoms. The highest BCUT2D eigenvalue weighted by atomic mass is 35.5. The summed E-state index contributed by atoms with van der Waals surface area (Å²) in [6, 6.07) is 14.9. The predicted octanol–water partition coefficient (Wildman–Crippen LogP) is 5.69. The number of benzene rings is 2. The number of rotatable bonds is 0. The molecule has 0 bridgehead atoms. The van der Waals surface area contributed by atoms with Crippen LogP contribution in [0.25, 0.3) is 0 Å². The maximum absolute atomic E-state index is 6.73. The molecule has 0 radical (unpaired) electrons. The highest BCUT2D eigenvalue weighted by molar-refractivity contribution is 6.32. The molecule has 0 spiro atoms. The van der Waals surface area contributed by atoms with Gasteiger partial charge in [-0.15, -0.1) is 0 Å². The SMILES string of the molecule is CC1(C)Oc2c(Cl)cccc2[C@H]2O[C@H]3CCc4ccccc4[C@@H]3C[C@@H]21. The number of fused-ring (bicyclic) bond motifs is 6. The van der Waals surface area contributed by atoms with E-state index in [0.29, 0.717) is 16.9 Å². The Morgan fingerprint density at radius 2 is 1.84 bits per heavy atom. The lowest BCUT2D eigenvalue weighted by Crippen LogP contribution is -2.51. The van der Waals surface area contributed by atoms with Crippen LogP contribution < -0.4 is 4.74 Å². The molecule has 2 aromatic carbocycles. The molecule has 1 aliphatic carbocycles. The molecule has 2 heterocycles.